The molecule has 0 saturated heterocycles. The second-order valence-corrected chi connectivity index (χ2v) is 5.95. The summed E-state index contributed by atoms with van der Waals surface area (Å²) >= 11 is 3.42. The van der Waals surface area contributed by atoms with Gasteiger partial charge < -0.3 is 9.73 Å². The number of pyridine rings is 1. The van der Waals surface area contributed by atoms with Gasteiger partial charge >= 0.3 is 0 Å². The monoisotopic (exact) mass is 344 g/mol. The van der Waals surface area contributed by atoms with Gasteiger partial charge in [-0.05, 0) is 53.2 Å². The largest absolute Gasteiger partial charge is 0.459 e. The number of benzene rings is 1. The van der Waals surface area contributed by atoms with E-state index in [1.165, 1.54) is 0 Å². The van der Waals surface area contributed by atoms with Crippen molar-refractivity contribution in [1.82, 2.24) is 10.3 Å². The quantitative estimate of drug-likeness (QED) is 0.751. The summed E-state index contributed by atoms with van der Waals surface area (Å²) in [6.07, 6.45) is 1.81. The molecule has 0 amide bonds. The lowest BCUT2D eigenvalue weighted by molar-refractivity contribution is 0.470. The zero-order chi connectivity index (χ0) is 14.8. The summed E-state index contributed by atoms with van der Waals surface area (Å²) in [5.74, 6) is 0.899. The molecule has 0 bridgehead atoms. The van der Waals surface area contributed by atoms with Gasteiger partial charge in [-0.2, -0.15) is 0 Å². The van der Waals surface area contributed by atoms with E-state index < -0.39 is 0 Å². The Balaban J connectivity index is 2.06. The van der Waals surface area contributed by atoms with Crippen LogP contribution >= 0.6 is 15.9 Å². The molecule has 0 aliphatic carbocycles. The molecule has 4 heteroatoms. The summed E-state index contributed by atoms with van der Waals surface area (Å²) in [6, 6.07) is 12.3. The van der Waals surface area contributed by atoms with E-state index in [9.17, 15) is 0 Å². The van der Waals surface area contributed by atoms with Crippen molar-refractivity contribution < 1.29 is 4.42 Å². The van der Waals surface area contributed by atoms with Gasteiger partial charge in [-0.25, -0.2) is 0 Å². The number of aromatic nitrogens is 1. The predicted octanol–water partition coefficient (Wildman–Crippen LogP) is 4.60. The van der Waals surface area contributed by atoms with Gasteiger partial charge in [0.15, 0.2) is 0 Å². The van der Waals surface area contributed by atoms with Crippen molar-refractivity contribution in [2.75, 3.05) is 6.54 Å². The molecule has 0 aliphatic heterocycles. The Labute approximate surface area is 132 Å². The van der Waals surface area contributed by atoms with E-state index in [1.807, 2.05) is 18.3 Å². The minimum atomic E-state index is -0.0325. The Bertz CT molecular complexity index is 749. The molecule has 1 unspecified atom stereocenters. The van der Waals surface area contributed by atoms with Crippen LogP contribution in [0.5, 0.6) is 0 Å². The van der Waals surface area contributed by atoms with Gasteiger partial charge in [-0.3, -0.25) is 4.98 Å². The van der Waals surface area contributed by atoms with E-state index in [-0.39, 0.29) is 6.04 Å². The van der Waals surface area contributed by atoms with E-state index in [4.69, 9.17) is 4.42 Å². The van der Waals surface area contributed by atoms with Crippen molar-refractivity contribution in [1.29, 1.82) is 0 Å². The fraction of sp³-hybridized carbons (Fsp3) is 0.235. The van der Waals surface area contributed by atoms with Gasteiger partial charge in [0.2, 0.25) is 0 Å². The van der Waals surface area contributed by atoms with E-state index in [1.54, 1.807) is 0 Å². The molecule has 0 aliphatic rings. The predicted molar refractivity (Wildman–Crippen MR) is 88.4 cm³/mol. The molecule has 2 heterocycles. The third-order valence-electron chi connectivity index (χ3n) is 3.50. The van der Waals surface area contributed by atoms with E-state index in [0.717, 1.165) is 39.0 Å². The van der Waals surface area contributed by atoms with Crippen molar-refractivity contribution in [2.24, 2.45) is 0 Å². The third kappa shape index (κ3) is 2.87. The van der Waals surface area contributed by atoms with Crippen LogP contribution in [0.25, 0.3) is 11.0 Å². The smallest absolute Gasteiger partial charge is 0.137 e. The molecule has 0 fully saturated rings. The summed E-state index contributed by atoms with van der Waals surface area (Å²) < 4.78 is 7.06. The summed E-state index contributed by atoms with van der Waals surface area (Å²) in [7, 11) is 0. The first-order valence-electron chi connectivity index (χ1n) is 7.03. The van der Waals surface area contributed by atoms with Crippen molar-refractivity contribution >= 4 is 26.9 Å². The molecule has 2 aromatic heterocycles. The molecule has 3 rings (SSSR count). The Kier molecular flexibility index (Phi) is 4.08. The Morgan fingerprint density at radius 2 is 2.14 bits per heavy atom. The Morgan fingerprint density at radius 3 is 2.81 bits per heavy atom. The Morgan fingerprint density at radius 1 is 1.29 bits per heavy atom. The zero-order valence-corrected chi connectivity index (χ0v) is 13.6. The van der Waals surface area contributed by atoms with Crippen LogP contribution in [-0.2, 0) is 0 Å². The standard InChI is InChI=1S/C17H17BrN2O/c1-3-19-16(14-8-7-13(18)10-20-14)15-9-12-6-4-5-11(2)17(12)21-15/h4-10,16,19H,3H2,1-2H3. The fourth-order valence-corrected chi connectivity index (χ4v) is 2.72. The van der Waals surface area contributed by atoms with Crippen molar-refractivity contribution in [3.05, 3.63) is 64.1 Å². The van der Waals surface area contributed by atoms with E-state index >= 15 is 0 Å². The molecule has 3 nitrogen and oxygen atoms in total. The van der Waals surface area contributed by atoms with Crippen LogP contribution in [0.15, 0.2) is 51.5 Å². The molecule has 108 valence electrons. The van der Waals surface area contributed by atoms with Crippen LogP contribution in [-0.4, -0.2) is 11.5 Å². The van der Waals surface area contributed by atoms with Crippen LogP contribution in [0.4, 0.5) is 0 Å². The van der Waals surface area contributed by atoms with Crippen LogP contribution < -0.4 is 5.32 Å². The molecule has 0 saturated carbocycles. The number of fused-ring (bicyclic) bond motifs is 1. The maximum absolute atomic E-state index is 6.08. The number of hydrogen-bond donors (Lipinski definition) is 1. The molecule has 1 atom stereocenters. The molecular weight excluding hydrogens is 328 g/mol. The average Bonchev–Trinajstić information content (AvgIpc) is 2.91. The maximum Gasteiger partial charge on any atom is 0.137 e. The molecule has 1 N–H and O–H groups in total. The number of para-hydroxylation sites is 1. The van der Waals surface area contributed by atoms with Crippen molar-refractivity contribution in [3.8, 4) is 0 Å². The second kappa shape index (κ2) is 6.00. The summed E-state index contributed by atoms with van der Waals surface area (Å²) in [6.45, 7) is 4.99. The second-order valence-electron chi connectivity index (χ2n) is 5.03. The number of nitrogens with zero attached hydrogens (tertiary/aromatic N) is 1. The molecule has 0 spiro atoms. The first-order chi connectivity index (χ1) is 10.2. The fourth-order valence-electron chi connectivity index (χ4n) is 2.48. The van der Waals surface area contributed by atoms with Gasteiger partial charge in [-0.15, -0.1) is 0 Å². The lowest BCUT2D eigenvalue weighted by atomic mass is 10.1. The molecule has 1 aromatic carbocycles. The number of nitrogens with one attached hydrogen (secondary N) is 1. The van der Waals surface area contributed by atoms with Gasteiger partial charge in [0.1, 0.15) is 17.4 Å². The van der Waals surface area contributed by atoms with Gasteiger partial charge in [0.05, 0.1) is 5.69 Å². The SMILES string of the molecule is CCNC(c1ccc(Br)cn1)c1cc2cccc(C)c2o1. The highest BCUT2D eigenvalue weighted by atomic mass is 79.9. The number of hydrogen-bond acceptors (Lipinski definition) is 3. The summed E-state index contributed by atoms with van der Waals surface area (Å²) in [5, 5.41) is 4.57. The maximum atomic E-state index is 6.08. The minimum absolute atomic E-state index is 0.0325. The highest BCUT2D eigenvalue weighted by Gasteiger charge is 2.19. The molecule has 0 radical (unpaired) electrons. The number of halogens is 1. The number of furan rings is 1. The summed E-state index contributed by atoms with van der Waals surface area (Å²) in [4.78, 5) is 4.50. The van der Waals surface area contributed by atoms with Gasteiger partial charge in [0.25, 0.3) is 0 Å². The topological polar surface area (TPSA) is 38.1 Å². The number of aryl methyl sites for hydroxylation is 1. The van der Waals surface area contributed by atoms with Crippen LogP contribution in [0.1, 0.15) is 30.0 Å². The lowest BCUT2D eigenvalue weighted by Gasteiger charge is -2.14. The third-order valence-corrected chi connectivity index (χ3v) is 3.97. The van der Waals surface area contributed by atoms with E-state index in [0.29, 0.717) is 0 Å². The number of rotatable bonds is 4. The van der Waals surface area contributed by atoms with Gasteiger partial charge in [-0.1, -0.05) is 25.1 Å². The van der Waals surface area contributed by atoms with Crippen LogP contribution in [0, 0.1) is 6.92 Å². The minimum Gasteiger partial charge on any atom is -0.459 e. The highest BCUT2D eigenvalue weighted by molar-refractivity contribution is 9.10. The molecular formula is C17H17BrN2O. The van der Waals surface area contributed by atoms with Crippen LogP contribution in [0.3, 0.4) is 0 Å². The highest BCUT2D eigenvalue weighted by Crippen LogP contribution is 2.29. The van der Waals surface area contributed by atoms with Crippen molar-refractivity contribution in [3.63, 3.8) is 0 Å². The first kappa shape index (κ1) is 14.3. The van der Waals surface area contributed by atoms with E-state index in [2.05, 4.69) is 64.3 Å². The average molecular weight is 345 g/mol. The van der Waals surface area contributed by atoms with Crippen molar-refractivity contribution in [2.45, 2.75) is 19.9 Å². The lowest BCUT2D eigenvalue weighted by Crippen LogP contribution is -2.22. The molecule has 3 aromatic rings. The van der Waals surface area contributed by atoms with Crippen LogP contribution in [0.2, 0.25) is 0 Å². The van der Waals surface area contributed by atoms with Gasteiger partial charge in [0, 0.05) is 16.1 Å². The molecule has 21 heavy (non-hydrogen) atoms. The zero-order valence-electron chi connectivity index (χ0n) is 12.1. The normalized spacial score (nSPS) is 12.7. The Hall–Kier alpha value is -1.65. The first-order valence-corrected chi connectivity index (χ1v) is 7.82. The summed E-state index contributed by atoms with van der Waals surface area (Å²) in [5.41, 5.74) is 3.06.